The monoisotopic (exact) mass is 482 g/mol. The molecule has 1 N–H and O–H groups in total. The van der Waals surface area contributed by atoms with Crippen molar-refractivity contribution in [2.45, 2.75) is 13.1 Å². The SMILES string of the molecule is CCOCCOc1ccc(-c2ccc(-c3cc(C(=O)O)c4cc(C(F)(F)F)ccc4n3)nc2)cc1. The summed E-state index contributed by atoms with van der Waals surface area (Å²) in [6.07, 6.45) is -2.97. The summed E-state index contributed by atoms with van der Waals surface area (Å²) in [6.45, 7) is 3.52. The molecule has 0 atom stereocenters. The summed E-state index contributed by atoms with van der Waals surface area (Å²) in [5.74, 6) is -0.633. The third-order valence-electron chi connectivity index (χ3n) is 5.28. The van der Waals surface area contributed by atoms with Crippen LogP contribution in [-0.4, -0.2) is 40.9 Å². The highest BCUT2D eigenvalue weighted by Crippen LogP contribution is 2.33. The number of rotatable bonds is 8. The Bertz CT molecular complexity index is 1340. The third kappa shape index (κ3) is 5.58. The first kappa shape index (κ1) is 24.2. The molecule has 0 unspecified atom stereocenters. The van der Waals surface area contributed by atoms with Crippen molar-refractivity contribution < 1.29 is 32.5 Å². The molecule has 0 bridgehead atoms. The second kappa shape index (κ2) is 10.1. The quantitative estimate of drug-likeness (QED) is 0.306. The fourth-order valence-corrected chi connectivity index (χ4v) is 3.53. The minimum absolute atomic E-state index is 0.0868. The van der Waals surface area contributed by atoms with Crippen molar-refractivity contribution in [3.63, 3.8) is 0 Å². The zero-order valence-electron chi connectivity index (χ0n) is 18.7. The van der Waals surface area contributed by atoms with Gasteiger partial charge in [0.2, 0.25) is 0 Å². The number of hydrogen-bond acceptors (Lipinski definition) is 5. The summed E-state index contributed by atoms with van der Waals surface area (Å²) >= 11 is 0. The third-order valence-corrected chi connectivity index (χ3v) is 5.28. The van der Waals surface area contributed by atoms with E-state index in [4.69, 9.17) is 9.47 Å². The van der Waals surface area contributed by atoms with Crippen LogP contribution in [0, 0.1) is 0 Å². The molecular weight excluding hydrogens is 461 g/mol. The smallest absolute Gasteiger partial charge is 0.416 e. The molecule has 0 amide bonds. The first-order valence-corrected chi connectivity index (χ1v) is 10.8. The topological polar surface area (TPSA) is 81.5 Å². The maximum absolute atomic E-state index is 13.1. The van der Waals surface area contributed by atoms with Crippen LogP contribution in [0.1, 0.15) is 22.8 Å². The van der Waals surface area contributed by atoms with Gasteiger partial charge in [0, 0.05) is 23.8 Å². The molecule has 35 heavy (non-hydrogen) atoms. The number of nitrogens with zero attached hydrogens (tertiary/aromatic N) is 2. The lowest BCUT2D eigenvalue weighted by atomic mass is 10.0. The van der Waals surface area contributed by atoms with E-state index in [-0.39, 0.29) is 22.2 Å². The van der Waals surface area contributed by atoms with Gasteiger partial charge in [-0.15, -0.1) is 0 Å². The van der Waals surface area contributed by atoms with Crippen molar-refractivity contribution in [1.29, 1.82) is 0 Å². The highest BCUT2D eigenvalue weighted by Gasteiger charge is 2.31. The molecule has 2 aromatic heterocycles. The van der Waals surface area contributed by atoms with Crippen molar-refractivity contribution in [3.05, 3.63) is 78.0 Å². The van der Waals surface area contributed by atoms with Gasteiger partial charge in [0.05, 0.1) is 34.6 Å². The van der Waals surface area contributed by atoms with Gasteiger partial charge in [0.25, 0.3) is 0 Å². The first-order valence-electron chi connectivity index (χ1n) is 10.8. The van der Waals surface area contributed by atoms with Crippen LogP contribution in [0.15, 0.2) is 66.9 Å². The molecule has 2 heterocycles. The molecule has 6 nitrogen and oxygen atoms in total. The number of carboxylic acids is 1. The van der Waals surface area contributed by atoms with Crippen LogP contribution in [0.4, 0.5) is 13.2 Å². The fourth-order valence-electron chi connectivity index (χ4n) is 3.53. The molecule has 0 fully saturated rings. The molecular formula is C26H21F3N2O4. The van der Waals surface area contributed by atoms with Gasteiger partial charge in [-0.3, -0.25) is 4.98 Å². The molecule has 0 aliphatic heterocycles. The van der Waals surface area contributed by atoms with Crippen molar-refractivity contribution in [2.24, 2.45) is 0 Å². The second-order valence-corrected chi connectivity index (χ2v) is 7.59. The number of carbonyl (C=O) groups is 1. The summed E-state index contributed by atoms with van der Waals surface area (Å²) in [7, 11) is 0. The number of hydrogen-bond donors (Lipinski definition) is 1. The lowest BCUT2D eigenvalue weighted by Crippen LogP contribution is -2.06. The Kier molecular flexibility index (Phi) is 6.97. The zero-order valence-corrected chi connectivity index (χ0v) is 18.7. The summed E-state index contributed by atoms with van der Waals surface area (Å²) in [6, 6.07) is 15.0. The lowest BCUT2D eigenvalue weighted by Gasteiger charge is -2.11. The molecule has 0 spiro atoms. The Morgan fingerprint density at radius 3 is 2.31 bits per heavy atom. The van der Waals surface area contributed by atoms with Crippen molar-refractivity contribution in [1.82, 2.24) is 9.97 Å². The summed E-state index contributed by atoms with van der Waals surface area (Å²) in [4.78, 5) is 20.5. The van der Waals surface area contributed by atoms with Gasteiger partial charge in [-0.25, -0.2) is 9.78 Å². The van der Waals surface area contributed by atoms with E-state index in [2.05, 4.69) is 9.97 Å². The Morgan fingerprint density at radius 1 is 0.943 bits per heavy atom. The van der Waals surface area contributed by atoms with E-state index in [9.17, 15) is 23.1 Å². The van der Waals surface area contributed by atoms with Crippen LogP contribution in [0.2, 0.25) is 0 Å². The van der Waals surface area contributed by atoms with E-state index in [1.165, 1.54) is 12.1 Å². The molecule has 9 heteroatoms. The van der Waals surface area contributed by atoms with E-state index in [0.29, 0.717) is 31.3 Å². The summed E-state index contributed by atoms with van der Waals surface area (Å²) < 4.78 is 50.1. The van der Waals surface area contributed by atoms with Crippen molar-refractivity contribution >= 4 is 16.9 Å². The number of aromatic carboxylic acids is 1. The van der Waals surface area contributed by atoms with Gasteiger partial charge in [0.15, 0.2) is 0 Å². The number of alkyl halides is 3. The average molecular weight is 482 g/mol. The Labute approximate surface area is 199 Å². The number of aromatic nitrogens is 2. The molecule has 4 rings (SSSR count). The molecule has 2 aromatic carbocycles. The van der Waals surface area contributed by atoms with Crippen LogP contribution in [0.5, 0.6) is 5.75 Å². The highest BCUT2D eigenvalue weighted by molar-refractivity contribution is 6.03. The number of pyridine rings is 2. The van der Waals surface area contributed by atoms with Gasteiger partial charge >= 0.3 is 12.1 Å². The Balaban J connectivity index is 1.59. The fraction of sp³-hybridized carbons (Fsp3) is 0.192. The zero-order chi connectivity index (χ0) is 25.0. The average Bonchev–Trinajstić information content (AvgIpc) is 2.85. The maximum atomic E-state index is 13.1. The standard InChI is InChI=1S/C26H21F3N2O4/c1-2-34-11-12-35-19-7-3-16(4-8-19)17-5-9-23(30-15-17)24-14-21(25(32)33)20-13-18(26(27,28)29)6-10-22(20)31-24/h3-10,13-15H,2,11-12H2,1H3,(H,32,33). The Hall–Kier alpha value is -3.98. The predicted octanol–water partition coefficient (Wildman–Crippen LogP) is 6.10. The van der Waals surface area contributed by atoms with Gasteiger partial charge in [-0.1, -0.05) is 18.2 Å². The summed E-state index contributed by atoms with van der Waals surface area (Å²) in [5, 5.41) is 9.51. The van der Waals surface area contributed by atoms with Gasteiger partial charge in [-0.2, -0.15) is 13.2 Å². The summed E-state index contributed by atoms with van der Waals surface area (Å²) in [5.41, 5.74) is 1.30. The molecule has 180 valence electrons. The molecule has 0 aliphatic carbocycles. The molecule has 0 saturated heterocycles. The number of benzene rings is 2. The predicted molar refractivity (Wildman–Crippen MR) is 124 cm³/mol. The minimum Gasteiger partial charge on any atom is -0.491 e. The van der Waals surface area contributed by atoms with E-state index in [0.717, 1.165) is 23.3 Å². The normalized spacial score (nSPS) is 11.5. The van der Waals surface area contributed by atoms with E-state index in [1.54, 1.807) is 12.3 Å². The van der Waals surface area contributed by atoms with Gasteiger partial charge in [0.1, 0.15) is 12.4 Å². The van der Waals surface area contributed by atoms with Crippen LogP contribution in [0.3, 0.4) is 0 Å². The minimum atomic E-state index is -4.59. The second-order valence-electron chi connectivity index (χ2n) is 7.59. The van der Waals surface area contributed by atoms with Gasteiger partial charge in [-0.05, 0) is 55.0 Å². The maximum Gasteiger partial charge on any atom is 0.416 e. The van der Waals surface area contributed by atoms with E-state index >= 15 is 0 Å². The van der Waals surface area contributed by atoms with Gasteiger partial charge < -0.3 is 14.6 Å². The van der Waals surface area contributed by atoms with Crippen molar-refractivity contribution in [3.8, 4) is 28.3 Å². The number of fused-ring (bicyclic) bond motifs is 1. The van der Waals surface area contributed by atoms with Crippen LogP contribution in [-0.2, 0) is 10.9 Å². The van der Waals surface area contributed by atoms with Crippen LogP contribution in [0.25, 0.3) is 33.4 Å². The van der Waals surface area contributed by atoms with Crippen LogP contribution >= 0.6 is 0 Å². The first-order chi connectivity index (χ1) is 16.8. The van der Waals surface area contributed by atoms with Crippen molar-refractivity contribution in [2.75, 3.05) is 19.8 Å². The largest absolute Gasteiger partial charge is 0.491 e. The lowest BCUT2D eigenvalue weighted by molar-refractivity contribution is -0.137. The van der Waals surface area contributed by atoms with E-state index in [1.807, 2.05) is 37.3 Å². The van der Waals surface area contributed by atoms with E-state index < -0.39 is 17.7 Å². The van der Waals surface area contributed by atoms with Crippen LogP contribution < -0.4 is 4.74 Å². The molecule has 0 saturated carbocycles. The number of halogens is 3. The Morgan fingerprint density at radius 2 is 1.69 bits per heavy atom. The molecule has 4 aromatic rings. The molecule has 0 aliphatic rings. The number of carboxylic acid groups (broad SMARTS) is 1. The number of ether oxygens (including phenoxy) is 2. The highest BCUT2D eigenvalue weighted by atomic mass is 19.4. The molecule has 0 radical (unpaired) electrons.